The summed E-state index contributed by atoms with van der Waals surface area (Å²) < 4.78 is 52.1. The molecule has 0 fully saturated rings. The molecule has 0 unspecified atom stereocenters. The average molecular weight is 454 g/mol. The minimum atomic E-state index is -3.71. The molecule has 0 saturated carbocycles. The number of carbonyl (C=O) groups excluding carboxylic acids is 1. The molecule has 0 radical (unpaired) electrons. The fourth-order valence-electron chi connectivity index (χ4n) is 3.05. The number of amides is 1. The van der Waals surface area contributed by atoms with Crippen molar-refractivity contribution < 1.29 is 21.6 Å². The fourth-order valence-corrected chi connectivity index (χ4v) is 5.69. The molecule has 0 aliphatic heterocycles. The maximum Gasteiger partial charge on any atom is 0.247 e. The number of rotatable bonds is 9. The van der Waals surface area contributed by atoms with Crippen molar-refractivity contribution in [2.45, 2.75) is 31.7 Å². The fraction of sp³-hybridized carbons (Fsp3) is 0.350. The second-order valence-corrected chi connectivity index (χ2v) is 10.5. The normalized spacial score (nSPS) is 13.1. The van der Waals surface area contributed by atoms with Crippen molar-refractivity contribution in [3.8, 4) is 0 Å². The Kier molecular flexibility index (Phi) is 7.62. The number of hydrogen-bond donors (Lipinski definition) is 1. The SMILES string of the molecule is CCN(CC)S(=O)(=O)c1ccc(NC(=O)[C@@H](C)N(c2ccccc2)S(C)(=O)=O)cc1. The summed E-state index contributed by atoms with van der Waals surface area (Å²) in [6, 6.07) is 13.1. The first-order valence-electron chi connectivity index (χ1n) is 9.47. The molecule has 8 nitrogen and oxygen atoms in total. The number of hydrogen-bond acceptors (Lipinski definition) is 5. The van der Waals surface area contributed by atoms with E-state index >= 15 is 0 Å². The summed E-state index contributed by atoms with van der Waals surface area (Å²) in [5.74, 6) is -0.538. The van der Waals surface area contributed by atoms with Crippen molar-refractivity contribution in [2.75, 3.05) is 29.0 Å². The largest absolute Gasteiger partial charge is 0.324 e. The van der Waals surface area contributed by atoms with Gasteiger partial charge in [0.05, 0.1) is 16.8 Å². The molecule has 2 aromatic rings. The Labute approximate surface area is 178 Å². The van der Waals surface area contributed by atoms with Gasteiger partial charge in [0.15, 0.2) is 0 Å². The number of para-hydroxylation sites is 1. The van der Waals surface area contributed by atoms with Gasteiger partial charge >= 0.3 is 0 Å². The van der Waals surface area contributed by atoms with Crippen molar-refractivity contribution in [1.29, 1.82) is 0 Å². The highest BCUT2D eigenvalue weighted by atomic mass is 32.2. The Hall–Kier alpha value is -2.43. The van der Waals surface area contributed by atoms with Gasteiger partial charge < -0.3 is 5.32 Å². The standard InChI is InChI=1S/C20H27N3O5S2/c1-5-22(6-2)30(27,28)19-14-12-17(13-15-19)21-20(24)16(3)23(29(4,25)26)18-10-8-7-9-11-18/h7-16H,5-6H2,1-4H3,(H,21,24)/t16-/m1/s1. The van der Waals surface area contributed by atoms with Gasteiger partial charge in [-0.25, -0.2) is 16.8 Å². The third kappa shape index (κ3) is 5.38. The van der Waals surface area contributed by atoms with Gasteiger partial charge in [-0.3, -0.25) is 9.10 Å². The van der Waals surface area contributed by atoms with Crippen molar-refractivity contribution in [2.24, 2.45) is 0 Å². The van der Waals surface area contributed by atoms with Gasteiger partial charge in [-0.05, 0) is 43.3 Å². The van der Waals surface area contributed by atoms with E-state index < -0.39 is 32.0 Å². The van der Waals surface area contributed by atoms with Crippen LogP contribution in [0.1, 0.15) is 20.8 Å². The molecule has 0 spiro atoms. The van der Waals surface area contributed by atoms with Crippen LogP contribution in [-0.4, -0.2) is 52.4 Å². The van der Waals surface area contributed by atoms with E-state index in [2.05, 4.69) is 5.32 Å². The lowest BCUT2D eigenvalue weighted by atomic mass is 10.2. The molecule has 0 aromatic heterocycles. The minimum absolute atomic E-state index is 0.124. The third-order valence-electron chi connectivity index (χ3n) is 4.56. The van der Waals surface area contributed by atoms with Gasteiger partial charge in [-0.1, -0.05) is 32.0 Å². The van der Waals surface area contributed by atoms with Crippen LogP contribution in [0.4, 0.5) is 11.4 Å². The number of nitrogens with one attached hydrogen (secondary N) is 1. The van der Waals surface area contributed by atoms with E-state index in [0.717, 1.165) is 10.6 Å². The Morgan fingerprint density at radius 2 is 1.47 bits per heavy atom. The summed E-state index contributed by atoms with van der Waals surface area (Å²) in [4.78, 5) is 12.8. The topological polar surface area (TPSA) is 104 Å². The van der Waals surface area contributed by atoms with Gasteiger partial charge in [-0.2, -0.15) is 4.31 Å². The highest BCUT2D eigenvalue weighted by Crippen LogP contribution is 2.22. The van der Waals surface area contributed by atoms with Gasteiger partial charge in [0.2, 0.25) is 26.0 Å². The molecule has 2 aromatic carbocycles. The number of sulfonamides is 2. The molecule has 0 bridgehead atoms. The van der Waals surface area contributed by atoms with E-state index in [1.54, 1.807) is 44.2 Å². The summed E-state index contributed by atoms with van der Waals surface area (Å²) in [5, 5.41) is 2.65. The molecule has 2 rings (SSSR count). The monoisotopic (exact) mass is 453 g/mol. The quantitative estimate of drug-likeness (QED) is 0.628. The molecule has 0 heterocycles. The van der Waals surface area contributed by atoms with Gasteiger partial charge in [-0.15, -0.1) is 0 Å². The molecule has 1 atom stereocenters. The minimum Gasteiger partial charge on any atom is -0.324 e. The highest BCUT2D eigenvalue weighted by Gasteiger charge is 2.29. The molecule has 164 valence electrons. The number of carbonyl (C=O) groups is 1. The Morgan fingerprint density at radius 3 is 1.93 bits per heavy atom. The third-order valence-corrected chi connectivity index (χ3v) is 7.87. The number of anilines is 2. The molecule has 0 aliphatic rings. The highest BCUT2D eigenvalue weighted by molar-refractivity contribution is 7.92. The molecule has 1 N–H and O–H groups in total. The Balaban J connectivity index is 2.23. The van der Waals surface area contributed by atoms with Crippen molar-refractivity contribution in [3.05, 3.63) is 54.6 Å². The molecular formula is C20H27N3O5S2. The number of nitrogens with zero attached hydrogens (tertiary/aromatic N) is 2. The summed E-state index contributed by atoms with van der Waals surface area (Å²) in [7, 11) is -7.31. The predicted molar refractivity (Wildman–Crippen MR) is 118 cm³/mol. The first-order valence-corrected chi connectivity index (χ1v) is 12.8. The van der Waals surface area contributed by atoms with Crippen LogP contribution >= 0.6 is 0 Å². The van der Waals surface area contributed by atoms with Crippen molar-refractivity contribution in [1.82, 2.24) is 4.31 Å². The molecular weight excluding hydrogens is 426 g/mol. The lowest BCUT2D eigenvalue weighted by Gasteiger charge is -2.28. The van der Waals surface area contributed by atoms with Gasteiger partial charge in [0.1, 0.15) is 6.04 Å². The summed E-state index contributed by atoms with van der Waals surface area (Å²) in [5.41, 5.74) is 0.746. The zero-order valence-electron chi connectivity index (χ0n) is 17.4. The average Bonchev–Trinajstić information content (AvgIpc) is 2.69. The zero-order valence-corrected chi connectivity index (χ0v) is 19.1. The van der Waals surface area contributed by atoms with Crippen LogP contribution in [-0.2, 0) is 24.8 Å². The lowest BCUT2D eigenvalue weighted by Crippen LogP contribution is -2.45. The Bertz CT molecular complexity index is 1070. The second kappa shape index (κ2) is 9.59. The van der Waals surface area contributed by atoms with Crippen LogP contribution in [0.25, 0.3) is 0 Å². The van der Waals surface area contributed by atoms with Crippen LogP contribution in [0, 0.1) is 0 Å². The van der Waals surface area contributed by atoms with E-state index in [9.17, 15) is 21.6 Å². The van der Waals surface area contributed by atoms with Crippen LogP contribution in [0.15, 0.2) is 59.5 Å². The summed E-state index contributed by atoms with van der Waals surface area (Å²) in [6.45, 7) is 5.72. The van der Waals surface area contributed by atoms with E-state index in [-0.39, 0.29) is 4.90 Å². The van der Waals surface area contributed by atoms with Crippen LogP contribution in [0.5, 0.6) is 0 Å². The molecule has 30 heavy (non-hydrogen) atoms. The van der Waals surface area contributed by atoms with E-state index in [4.69, 9.17) is 0 Å². The van der Waals surface area contributed by atoms with E-state index in [1.807, 2.05) is 0 Å². The maximum absolute atomic E-state index is 12.7. The number of benzene rings is 2. The van der Waals surface area contributed by atoms with Crippen LogP contribution in [0.3, 0.4) is 0 Å². The molecule has 10 heteroatoms. The second-order valence-electron chi connectivity index (χ2n) is 6.67. The van der Waals surface area contributed by atoms with Crippen LogP contribution in [0.2, 0.25) is 0 Å². The van der Waals surface area contributed by atoms with Crippen molar-refractivity contribution in [3.63, 3.8) is 0 Å². The Morgan fingerprint density at radius 1 is 0.933 bits per heavy atom. The first-order chi connectivity index (χ1) is 14.0. The van der Waals surface area contributed by atoms with E-state index in [1.165, 1.54) is 35.5 Å². The first kappa shape index (κ1) is 23.8. The van der Waals surface area contributed by atoms with Gasteiger partial charge in [0.25, 0.3) is 0 Å². The smallest absolute Gasteiger partial charge is 0.247 e. The van der Waals surface area contributed by atoms with Crippen molar-refractivity contribution >= 4 is 37.3 Å². The van der Waals surface area contributed by atoms with E-state index in [0.29, 0.717) is 24.5 Å². The predicted octanol–water partition coefficient (Wildman–Crippen LogP) is 2.51. The zero-order chi connectivity index (χ0) is 22.5. The lowest BCUT2D eigenvalue weighted by molar-refractivity contribution is -0.116. The summed E-state index contributed by atoms with van der Waals surface area (Å²) in [6.07, 6.45) is 1.04. The molecule has 0 saturated heterocycles. The summed E-state index contributed by atoms with van der Waals surface area (Å²) >= 11 is 0. The van der Waals surface area contributed by atoms with Gasteiger partial charge in [0, 0.05) is 18.8 Å². The van der Waals surface area contributed by atoms with Crippen LogP contribution < -0.4 is 9.62 Å². The maximum atomic E-state index is 12.7. The molecule has 0 aliphatic carbocycles. The molecule has 1 amide bonds.